The summed E-state index contributed by atoms with van der Waals surface area (Å²) in [5, 5.41) is 0. The molecular formula is C17H19F2N3O. The molecule has 0 saturated carbocycles. The summed E-state index contributed by atoms with van der Waals surface area (Å²) in [5.74, 6) is -1.40. The molecule has 122 valence electrons. The summed E-state index contributed by atoms with van der Waals surface area (Å²) < 4.78 is 28.1. The minimum absolute atomic E-state index is 0.0546. The van der Waals surface area contributed by atoms with Crippen LogP contribution in [-0.4, -0.2) is 23.1 Å². The van der Waals surface area contributed by atoms with Gasteiger partial charge in [-0.1, -0.05) is 13.0 Å². The van der Waals surface area contributed by atoms with Crippen molar-refractivity contribution in [3.05, 3.63) is 57.0 Å². The Morgan fingerprint density at radius 3 is 2.43 bits per heavy atom. The molecule has 0 radical (unpaired) electrons. The highest BCUT2D eigenvalue weighted by atomic mass is 19.1. The van der Waals surface area contributed by atoms with Crippen molar-refractivity contribution in [3.63, 3.8) is 0 Å². The molecule has 4 nitrogen and oxygen atoms in total. The average molecular weight is 319 g/mol. The molecule has 2 heterocycles. The molecule has 1 aliphatic rings. The van der Waals surface area contributed by atoms with Gasteiger partial charge in [0.15, 0.2) is 0 Å². The molecule has 1 unspecified atom stereocenters. The van der Waals surface area contributed by atoms with Crippen LogP contribution in [0.3, 0.4) is 0 Å². The molecule has 0 amide bonds. The standard InChI is InChI=1S/C17H19F2N3O/c1-10(14-12(18)6-5-7-13(14)19)15-11(2)16(23)21-17(20-15)22-8-3-4-9-22/h5-7,10H,3-4,8-9H2,1-2H3,(H,20,21,23). The minimum Gasteiger partial charge on any atom is -0.342 e. The fourth-order valence-corrected chi connectivity index (χ4v) is 3.10. The maximum atomic E-state index is 14.1. The molecule has 23 heavy (non-hydrogen) atoms. The van der Waals surface area contributed by atoms with Crippen molar-refractivity contribution in [1.29, 1.82) is 0 Å². The van der Waals surface area contributed by atoms with Gasteiger partial charge in [0.2, 0.25) is 5.95 Å². The highest BCUT2D eigenvalue weighted by Gasteiger charge is 2.24. The van der Waals surface area contributed by atoms with Gasteiger partial charge in [-0.2, -0.15) is 0 Å². The first-order chi connectivity index (χ1) is 11.0. The molecule has 1 N–H and O–H groups in total. The molecule has 1 atom stereocenters. The molecule has 1 fully saturated rings. The number of benzene rings is 1. The SMILES string of the molecule is Cc1c(C(C)c2c(F)cccc2F)nc(N2CCCC2)[nH]c1=O. The first-order valence-corrected chi connectivity index (χ1v) is 7.78. The van der Waals surface area contributed by atoms with Crippen LogP contribution in [0.5, 0.6) is 0 Å². The Kier molecular flexibility index (Phi) is 4.15. The number of nitrogens with one attached hydrogen (secondary N) is 1. The second kappa shape index (κ2) is 6.10. The van der Waals surface area contributed by atoms with Gasteiger partial charge in [0.05, 0.1) is 5.69 Å². The van der Waals surface area contributed by atoms with Crippen molar-refractivity contribution < 1.29 is 8.78 Å². The fourth-order valence-electron chi connectivity index (χ4n) is 3.10. The molecule has 1 saturated heterocycles. The van der Waals surface area contributed by atoms with Crippen LogP contribution >= 0.6 is 0 Å². The zero-order valence-corrected chi connectivity index (χ0v) is 13.2. The van der Waals surface area contributed by atoms with Crippen LogP contribution in [0.2, 0.25) is 0 Å². The van der Waals surface area contributed by atoms with E-state index in [0.717, 1.165) is 25.9 Å². The summed E-state index contributed by atoms with van der Waals surface area (Å²) in [5.41, 5.74) is 0.490. The van der Waals surface area contributed by atoms with Crippen LogP contribution in [0.4, 0.5) is 14.7 Å². The summed E-state index contributed by atoms with van der Waals surface area (Å²) in [7, 11) is 0. The van der Waals surface area contributed by atoms with E-state index < -0.39 is 17.6 Å². The summed E-state index contributed by atoms with van der Waals surface area (Å²) in [4.78, 5) is 21.5. The molecule has 0 spiro atoms. The van der Waals surface area contributed by atoms with Crippen LogP contribution in [0.15, 0.2) is 23.0 Å². The molecule has 1 aromatic carbocycles. The summed E-state index contributed by atoms with van der Waals surface area (Å²) >= 11 is 0. The van der Waals surface area contributed by atoms with Gasteiger partial charge in [-0.25, -0.2) is 13.8 Å². The zero-order chi connectivity index (χ0) is 16.6. The first kappa shape index (κ1) is 15.6. The number of nitrogens with zero attached hydrogens (tertiary/aromatic N) is 2. The van der Waals surface area contributed by atoms with Crippen molar-refractivity contribution in [2.24, 2.45) is 0 Å². The number of hydrogen-bond donors (Lipinski definition) is 1. The van der Waals surface area contributed by atoms with Crippen LogP contribution in [0.1, 0.15) is 42.5 Å². The van der Waals surface area contributed by atoms with Crippen LogP contribution in [0.25, 0.3) is 0 Å². The Bertz CT molecular complexity index is 762. The summed E-state index contributed by atoms with van der Waals surface area (Å²) in [6.45, 7) is 4.95. The molecule has 1 aliphatic heterocycles. The molecule has 0 bridgehead atoms. The second-order valence-electron chi connectivity index (χ2n) is 5.95. The summed E-state index contributed by atoms with van der Waals surface area (Å²) in [6, 6.07) is 3.77. The highest BCUT2D eigenvalue weighted by Crippen LogP contribution is 2.29. The largest absolute Gasteiger partial charge is 0.342 e. The monoisotopic (exact) mass is 319 g/mol. The number of aromatic amines is 1. The van der Waals surface area contributed by atoms with E-state index in [1.165, 1.54) is 18.2 Å². The van der Waals surface area contributed by atoms with Gasteiger partial charge in [0, 0.05) is 30.1 Å². The number of aromatic nitrogens is 2. The predicted octanol–water partition coefficient (Wildman–Crippen LogP) is 3.11. The number of halogens is 2. The topological polar surface area (TPSA) is 49.0 Å². The number of rotatable bonds is 3. The number of anilines is 1. The Balaban J connectivity index is 2.09. The quantitative estimate of drug-likeness (QED) is 0.946. The van der Waals surface area contributed by atoms with Gasteiger partial charge in [-0.15, -0.1) is 0 Å². The van der Waals surface area contributed by atoms with Crippen molar-refractivity contribution in [2.75, 3.05) is 18.0 Å². The van der Waals surface area contributed by atoms with E-state index in [1.54, 1.807) is 13.8 Å². The van der Waals surface area contributed by atoms with E-state index in [9.17, 15) is 13.6 Å². The third-order valence-electron chi connectivity index (χ3n) is 4.42. The lowest BCUT2D eigenvalue weighted by molar-refractivity contribution is 0.544. The maximum Gasteiger partial charge on any atom is 0.255 e. The number of hydrogen-bond acceptors (Lipinski definition) is 3. The van der Waals surface area contributed by atoms with Gasteiger partial charge in [0.25, 0.3) is 5.56 Å². The lowest BCUT2D eigenvalue weighted by Gasteiger charge is -2.20. The first-order valence-electron chi connectivity index (χ1n) is 7.78. The molecule has 2 aromatic rings. The van der Waals surface area contributed by atoms with Gasteiger partial charge >= 0.3 is 0 Å². The van der Waals surface area contributed by atoms with Crippen molar-refractivity contribution in [3.8, 4) is 0 Å². The second-order valence-corrected chi connectivity index (χ2v) is 5.95. The summed E-state index contributed by atoms with van der Waals surface area (Å²) in [6.07, 6.45) is 2.09. The third-order valence-corrected chi connectivity index (χ3v) is 4.42. The molecule has 3 rings (SSSR count). The third kappa shape index (κ3) is 2.85. The van der Waals surface area contributed by atoms with Gasteiger partial charge in [-0.05, 0) is 31.9 Å². The Hall–Kier alpha value is -2.24. The van der Waals surface area contributed by atoms with Crippen LogP contribution < -0.4 is 10.5 Å². The van der Waals surface area contributed by atoms with Crippen LogP contribution in [-0.2, 0) is 0 Å². The lowest BCUT2D eigenvalue weighted by Crippen LogP contribution is -2.27. The van der Waals surface area contributed by atoms with E-state index in [2.05, 4.69) is 9.97 Å². The van der Waals surface area contributed by atoms with E-state index in [1.807, 2.05) is 4.90 Å². The Labute approximate surface area is 133 Å². The van der Waals surface area contributed by atoms with E-state index in [4.69, 9.17) is 0 Å². The fraction of sp³-hybridized carbons (Fsp3) is 0.412. The van der Waals surface area contributed by atoms with E-state index in [-0.39, 0.29) is 11.1 Å². The van der Waals surface area contributed by atoms with Crippen molar-refractivity contribution in [1.82, 2.24) is 9.97 Å². The average Bonchev–Trinajstić information content (AvgIpc) is 3.04. The smallest absolute Gasteiger partial charge is 0.255 e. The van der Waals surface area contributed by atoms with E-state index in [0.29, 0.717) is 17.2 Å². The van der Waals surface area contributed by atoms with Gasteiger partial charge < -0.3 is 4.90 Å². The molecule has 0 aliphatic carbocycles. The molecular weight excluding hydrogens is 300 g/mol. The Morgan fingerprint density at radius 1 is 1.22 bits per heavy atom. The predicted molar refractivity (Wildman–Crippen MR) is 84.9 cm³/mol. The van der Waals surface area contributed by atoms with Crippen molar-refractivity contribution in [2.45, 2.75) is 32.6 Å². The molecule has 6 heteroatoms. The van der Waals surface area contributed by atoms with Gasteiger partial charge in [-0.3, -0.25) is 9.78 Å². The van der Waals surface area contributed by atoms with E-state index >= 15 is 0 Å². The molecule has 1 aromatic heterocycles. The zero-order valence-electron chi connectivity index (χ0n) is 13.2. The van der Waals surface area contributed by atoms with Gasteiger partial charge in [0.1, 0.15) is 11.6 Å². The lowest BCUT2D eigenvalue weighted by atomic mass is 9.94. The normalized spacial score (nSPS) is 15.9. The van der Waals surface area contributed by atoms with Crippen LogP contribution in [0, 0.1) is 18.6 Å². The minimum atomic E-state index is -0.639. The maximum absolute atomic E-state index is 14.1. The Morgan fingerprint density at radius 2 is 1.83 bits per heavy atom. The highest BCUT2D eigenvalue weighted by molar-refractivity contribution is 5.39. The van der Waals surface area contributed by atoms with Crippen molar-refractivity contribution >= 4 is 5.95 Å². The number of H-pyrrole nitrogens is 1.